The van der Waals surface area contributed by atoms with E-state index in [1.165, 1.54) is 0 Å². The highest BCUT2D eigenvalue weighted by atomic mass is 16.5. The average molecular weight is 225 g/mol. The summed E-state index contributed by atoms with van der Waals surface area (Å²) in [5, 5.41) is 7.39. The lowest BCUT2D eigenvalue weighted by atomic mass is 10.0. The lowest BCUT2D eigenvalue weighted by Gasteiger charge is -2.17. The molecule has 1 rings (SSSR count). The molecule has 1 unspecified atom stereocenters. The monoisotopic (exact) mass is 225 g/mol. The molecule has 1 atom stereocenters. The average Bonchev–Trinajstić information content (AvgIpc) is 2.27. The fourth-order valence-corrected chi connectivity index (χ4v) is 1.52. The number of nitrogens with one attached hydrogen (secondary N) is 1. The second-order valence-corrected chi connectivity index (χ2v) is 3.74. The van der Waals surface area contributed by atoms with E-state index in [2.05, 4.69) is 0 Å². The summed E-state index contributed by atoms with van der Waals surface area (Å²) in [6.07, 6.45) is 6.57. The van der Waals surface area contributed by atoms with E-state index < -0.39 is 0 Å². The number of hydrogen-bond acceptors (Lipinski definition) is 4. The summed E-state index contributed by atoms with van der Waals surface area (Å²) >= 11 is 0. The van der Waals surface area contributed by atoms with Gasteiger partial charge >= 0.3 is 5.97 Å². The van der Waals surface area contributed by atoms with E-state index in [-0.39, 0.29) is 12.1 Å². The van der Waals surface area contributed by atoms with Gasteiger partial charge in [0.2, 0.25) is 0 Å². The summed E-state index contributed by atoms with van der Waals surface area (Å²) in [5.41, 5.74) is 0.659. The first-order chi connectivity index (χ1) is 7.72. The molecule has 16 heavy (non-hydrogen) atoms. The third-order valence-corrected chi connectivity index (χ3v) is 2.37. The molecule has 90 valence electrons. The highest BCUT2D eigenvalue weighted by molar-refractivity contribution is 5.93. The van der Waals surface area contributed by atoms with Crippen molar-refractivity contribution in [1.29, 1.82) is 5.41 Å². The summed E-state index contributed by atoms with van der Waals surface area (Å²) in [7, 11) is 0. The number of carbonyl (C=O) groups excluding carboxylic acids is 1. The number of allylic oxidation sites excluding steroid dienone is 1. The molecule has 0 fully saturated rings. The highest BCUT2D eigenvalue weighted by Crippen LogP contribution is 2.12. The van der Waals surface area contributed by atoms with Crippen molar-refractivity contribution in [2.24, 2.45) is 0 Å². The number of hydrogen-bond donors (Lipinski definition) is 1. The Kier molecular flexibility index (Phi) is 5.78. The van der Waals surface area contributed by atoms with Gasteiger partial charge in [-0.15, -0.1) is 0 Å². The third kappa shape index (κ3) is 5.07. The largest absolute Gasteiger partial charge is 0.466 e. The van der Waals surface area contributed by atoms with Crippen LogP contribution in [0.25, 0.3) is 0 Å². The van der Waals surface area contributed by atoms with Gasteiger partial charge in [0.25, 0.3) is 0 Å². The van der Waals surface area contributed by atoms with Crippen LogP contribution in [-0.2, 0) is 14.3 Å². The summed E-state index contributed by atoms with van der Waals surface area (Å²) in [4.78, 5) is 11.0. The molecule has 0 aliphatic heterocycles. The molecule has 0 saturated carbocycles. The van der Waals surface area contributed by atoms with Gasteiger partial charge in [-0.3, -0.25) is 4.79 Å². The molecule has 0 radical (unpaired) electrons. The van der Waals surface area contributed by atoms with E-state index in [4.69, 9.17) is 14.9 Å². The van der Waals surface area contributed by atoms with Crippen LogP contribution < -0.4 is 0 Å². The SMILES string of the molecule is CCOC(=O)CCCOC1C=CC(=N)CC1. The minimum atomic E-state index is -0.160. The maximum atomic E-state index is 11.0. The first kappa shape index (κ1) is 12.9. The first-order valence-electron chi connectivity index (χ1n) is 5.75. The van der Waals surface area contributed by atoms with Gasteiger partial charge in [-0.2, -0.15) is 0 Å². The van der Waals surface area contributed by atoms with Crippen molar-refractivity contribution in [1.82, 2.24) is 0 Å². The van der Waals surface area contributed by atoms with E-state index >= 15 is 0 Å². The van der Waals surface area contributed by atoms with Crippen LogP contribution in [0.3, 0.4) is 0 Å². The van der Waals surface area contributed by atoms with Crippen LogP contribution in [-0.4, -0.2) is 31.0 Å². The molecular formula is C12H19NO3. The Morgan fingerprint density at radius 3 is 3.06 bits per heavy atom. The zero-order valence-corrected chi connectivity index (χ0v) is 9.70. The van der Waals surface area contributed by atoms with Crippen LogP contribution in [0.5, 0.6) is 0 Å². The fourth-order valence-electron chi connectivity index (χ4n) is 1.52. The molecule has 0 spiro atoms. The zero-order valence-electron chi connectivity index (χ0n) is 9.70. The Hall–Kier alpha value is -1.16. The normalized spacial score (nSPS) is 19.8. The van der Waals surface area contributed by atoms with Gasteiger partial charge < -0.3 is 14.9 Å². The number of ether oxygens (including phenoxy) is 2. The maximum Gasteiger partial charge on any atom is 0.305 e. The van der Waals surface area contributed by atoms with Gasteiger partial charge in [-0.1, -0.05) is 6.08 Å². The van der Waals surface area contributed by atoms with Crippen molar-refractivity contribution in [2.45, 2.75) is 38.7 Å². The molecule has 1 N–H and O–H groups in total. The van der Waals surface area contributed by atoms with Crippen molar-refractivity contribution < 1.29 is 14.3 Å². The third-order valence-electron chi connectivity index (χ3n) is 2.37. The number of rotatable bonds is 6. The Balaban J connectivity index is 2.05. The van der Waals surface area contributed by atoms with Crippen molar-refractivity contribution in [3.8, 4) is 0 Å². The molecule has 0 aromatic heterocycles. The van der Waals surface area contributed by atoms with E-state index in [1.54, 1.807) is 13.0 Å². The quantitative estimate of drug-likeness (QED) is 0.556. The van der Waals surface area contributed by atoms with Crippen LogP contribution in [0.15, 0.2) is 12.2 Å². The smallest absolute Gasteiger partial charge is 0.305 e. The molecule has 0 saturated heterocycles. The van der Waals surface area contributed by atoms with Crippen molar-refractivity contribution in [3.05, 3.63) is 12.2 Å². The second kappa shape index (κ2) is 7.17. The van der Waals surface area contributed by atoms with Gasteiger partial charge in [-0.05, 0) is 32.3 Å². The van der Waals surface area contributed by atoms with E-state index in [0.29, 0.717) is 31.8 Å². The Labute approximate surface area is 96.1 Å². The van der Waals surface area contributed by atoms with Gasteiger partial charge in [0, 0.05) is 18.7 Å². The standard InChI is InChI=1S/C12H19NO3/c1-2-15-12(14)4-3-9-16-11-7-5-10(13)6-8-11/h5,7,11,13H,2-4,6,8-9H2,1H3. The predicted octanol–water partition coefficient (Wildman–Crippen LogP) is 2.08. The minimum Gasteiger partial charge on any atom is -0.466 e. The van der Waals surface area contributed by atoms with Crippen LogP contribution >= 0.6 is 0 Å². The van der Waals surface area contributed by atoms with Crippen LogP contribution in [0.2, 0.25) is 0 Å². The number of esters is 1. The molecule has 1 aliphatic carbocycles. The summed E-state index contributed by atoms with van der Waals surface area (Å²) in [6.45, 7) is 2.81. The van der Waals surface area contributed by atoms with Crippen LogP contribution in [0.1, 0.15) is 32.6 Å². The van der Waals surface area contributed by atoms with Gasteiger partial charge in [0.05, 0.1) is 12.7 Å². The van der Waals surface area contributed by atoms with Crippen LogP contribution in [0.4, 0.5) is 0 Å². The van der Waals surface area contributed by atoms with Crippen molar-refractivity contribution in [3.63, 3.8) is 0 Å². The molecule has 4 nitrogen and oxygen atoms in total. The molecule has 0 aromatic carbocycles. The molecule has 0 amide bonds. The summed E-state index contributed by atoms with van der Waals surface area (Å²) in [5.74, 6) is -0.160. The van der Waals surface area contributed by atoms with Crippen molar-refractivity contribution in [2.75, 3.05) is 13.2 Å². The second-order valence-electron chi connectivity index (χ2n) is 3.74. The lowest BCUT2D eigenvalue weighted by Crippen LogP contribution is -2.17. The van der Waals surface area contributed by atoms with E-state index in [0.717, 1.165) is 12.8 Å². The first-order valence-corrected chi connectivity index (χ1v) is 5.75. The number of carbonyl (C=O) groups is 1. The highest BCUT2D eigenvalue weighted by Gasteiger charge is 2.11. The summed E-state index contributed by atoms with van der Waals surface area (Å²) < 4.78 is 10.4. The Bertz CT molecular complexity index is 273. The molecular weight excluding hydrogens is 206 g/mol. The topological polar surface area (TPSA) is 59.4 Å². The molecule has 1 aliphatic rings. The maximum absolute atomic E-state index is 11.0. The van der Waals surface area contributed by atoms with Gasteiger partial charge in [0.1, 0.15) is 0 Å². The van der Waals surface area contributed by atoms with Crippen molar-refractivity contribution >= 4 is 11.7 Å². The Morgan fingerprint density at radius 1 is 1.62 bits per heavy atom. The lowest BCUT2D eigenvalue weighted by molar-refractivity contribution is -0.143. The predicted molar refractivity (Wildman–Crippen MR) is 61.7 cm³/mol. The molecule has 0 heterocycles. The molecule has 4 heteroatoms. The minimum absolute atomic E-state index is 0.108. The summed E-state index contributed by atoms with van der Waals surface area (Å²) in [6, 6.07) is 0. The fraction of sp³-hybridized carbons (Fsp3) is 0.667. The Morgan fingerprint density at radius 2 is 2.44 bits per heavy atom. The van der Waals surface area contributed by atoms with Crippen LogP contribution in [0, 0.1) is 5.41 Å². The molecule has 0 aromatic rings. The van der Waals surface area contributed by atoms with Gasteiger partial charge in [0.15, 0.2) is 0 Å². The van der Waals surface area contributed by atoms with E-state index in [9.17, 15) is 4.79 Å². The molecule has 0 bridgehead atoms. The van der Waals surface area contributed by atoms with E-state index in [1.807, 2.05) is 6.08 Å². The zero-order chi connectivity index (χ0) is 11.8. The van der Waals surface area contributed by atoms with Gasteiger partial charge in [-0.25, -0.2) is 0 Å².